The van der Waals surface area contributed by atoms with E-state index in [1.54, 1.807) is 18.1 Å². The molecular formula is C28H41BClN3O7. The molecule has 0 bridgehead atoms. The van der Waals surface area contributed by atoms with Crippen molar-refractivity contribution in [3.8, 4) is 5.75 Å². The molecule has 2 aliphatic rings. The molecule has 12 heteroatoms. The van der Waals surface area contributed by atoms with Crippen LogP contribution in [0.5, 0.6) is 5.75 Å². The van der Waals surface area contributed by atoms with Gasteiger partial charge in [-0.25, -0.2) is 4.79 Å². The molecule has 10 nitrogen and oxygen atoms in total. The Morgan fingerprint density at radius 1 is 1.18 bits per heavy atom. The molecule has 2 fully saturated rings. The molecule has 2 aliphatic heterocycles. The normalized spacial score (nSPS) is 20.6. The average molecular weight is 578 g/mol. The van der Waals surface area contributed by atoms with E-state index in [9.17, 15) is 4.79 Å². The molecule has 0 N–H and O–H groups in total. The molecule has 0 spiro atoms. The number of likely N-dealkylation sites (tertiary alicyclic amines) is 1. The zero-order valence-corrected chi connectivity index (χ0v) is 25.6. The lowest BCUT2D eigenvalue weighted by Gasteiger charge is -2.32. The van der Waals surface area contributed by atoms with Crippen molar-refractivity contribution in [2.75, 3.05) is 27.0 Å². The summed E-state index contributed by atoms with van der Waals surface area (Å²) in [4.78, 5) is 19.0. The summed E-state index contributed by atoms with van der Waals surface area (Å²) in [7, 11) is 0.939. The Morgan fingerprint density at radius 2 is 1.88 bits per heavy atom. The highest BCUT2D eigenvalue weighted by atomic mass is 35.5. The first kappa shape index (κ1) is 30.6. The van der Waals surface area contributed by atoms with Crippen LogP contribution in [0.15, 0.2) is 16.7 Å². The third kappa shape index (κ3) is 7.11. The smallest absolute Gasteiger partial charge is 0.468 e. The van der Waals surface area contributed by atoms with Crippen molar-refractivity contribution in [1.29, 1.82) is 0 Å². The van der Waals surface area contributed by atoms with Crippen molar-refractivity contribution >= 4 is 30.3 Å². The minimum Gasteiger partial charge on any atom is -0.468 e. The second kappa shape index (κ2) is 11.9. The van der Waals surface area contributed by atoms with Crippen LogP contribution in [0.1, 0.15) is 84.5 Å². The van der Waals surface area contributed by atoms with E-state index < -0.39 is 23.9 Å². The lowest BCUT2D eigenvalue weighted by molar-refractivity contribution is 0.00578. The van der Waals surface area contributed by atoms with Gasteiger partial charge in [-0.2, -0.15) is 4.98 Å². The van der Waals surface area contributed by atoms with E-state index in [1.165, 1.54) is 0 Å². The molecule has 0 radical (unpaired) electrons. The van der Waals surface area contributed by atoms with Crippen LogP contribution < -0.4 is 10.2 Å². The van der Waals surface area contributed by atoms with Gasteiger partial charge in [0.1, 0.15) is 11.4 Å². The minimum absolute atomic E-state index is 0.0140. The van der Waals surface area contributed by atoms with E-state index in [2.05, 4.69) is 10.1 Å². The zero-order valence-electron chi connectivity index (χ0n) is 24.8. The quantitative estimate of drug-likeness (QED) is 0.320. The van der Waals surface area contributed by atoms with E-state index in [1.807, 2.05) is 54.5 Å². The summed E-state index contributed by atoms with van der Waals surface area (Å²) in [6.45, 7) is 14.9. The van der Waals surface area contributed by atoms with Gasteiger partial charge in [-0.05, 0) is 90.9 Å². The number of methoxy groups -OCH3 is 1. The van der Waals surface area contributed by atoms with E-state index in [-0.39, 0.29) is 18.8 Å². The summed E-state index contributed by atoms with van der Waals surface area (Å²) in [5, 5.41) is 4.77. The van der Waals surface area contributed by atoms with E-state index in [4.69, 9.17) is 39.6 Å². The lowest BCUT2D eigenvalue weighted by Crippen LogP contribution is -2.42. The number of piperidine rings is 1. The Labute approximate surface area is 242 Å². The van der Waals surface area contributed by atoms with Crippen molar-refractivity contribution in [3.63, 3.8) is 0 Å². The number of hydrogen-bond acceptors (Lipinski definition) is 9. The van der Waals surface area contributed by atoms with Gasteiger partial charge in [0.25, 0.3) is 0 Å². The maximum Gasteiger partial charge on any atom is 0.495 e. The van der Waals surface area contributed by atoms with Crippen molar-refractivity contribution in [3.05, 3.63) is 34.4 Å². The molecule has 40 heavy (non-hydrogen) atoms. The molecule has 0 saturated carbocycles. The first-order valence-corrected chi connectivity index (χ1v) is 14.2. The summed E-state index contributed by atoms with van der Waals surface area (Å²) < 4.78 is 34.6. The molecule has 3 heterocycles. The molecule has 220 valence electrons. The van der Waals surface area contributed by atoms with Gasteiger partial charge >= 0.3 is 13.2 Å². The molecule has 1 amide bonds. The Balaban J connectivity index is 1.49. The summed E-state index contributed by atoms with van der Waals surface area (Å²) in [5.41, 5.74) is 0.0758. The second-order valence-electron chi connectivity index (χ2n) is 12.4. The highest BCUT2D eigenvalue weighted by Gasteiger charge is 2.52. The third-order valence-electron chi connectivity index (χ3n) is 7.57. The van der Waals surface area contributed by atoms with E-state index in [0.717, 1.165) is 23.9 Å². The number of rotatable bonds is 8. The molecular weight excluding hydrogens is 537 g/mol. The largest absolute Gasteiger partial charge is 0.495 e. The van der Waals surface area contributed by atoms with Crippen LogP contribution in [0.4, 0.5) is 4.79 Å². The fraction of sp³-hybridized carbons (Fsp3) is 0.679. The van der Waals surface area contributed by atoms with Crippen LogP contribution in [0.3, 0.4) is 0 Å². The van der Waals surface area contributed by atoms with Crippen molar-refractivity contribution < 1.29 is 32.8 Å². The number of carbonyl (C=O) groups excluding carboxylic acids is 1. The number of nitrogens with zero attached hydrogens (tertiary/aromatic N) is 3. The molecule has 4 rings (SSSR count). The number of aromatic nitrogens is 2. The number of halogens is 1. The minimum atomic E-state index is -0.622. The number of aryl methyl sites for hydroxylation is 1. The molecule has 2 aromatic rings. The number of carbonyl (C=O) groups is 1. The highest BCUT2D eigenvalue weighted by Crippen LogP contribution is 2.38. The number of hydrogen-bond donors (Lipinski definition) is 0. The average Bonchev–Trinajstić information content (AvgIpc) is 3.42. The first-order chi connectivity index (χ1) is 18.7. The van der Waals surface area contributed by atoms with Crippen LogP contribution in [-0.4, -0.2) is 72.0 Å². The summed E-state index contributed by atoms with van der Waals surface area (Å²) in [5.74, 6) is 1.65. The van der Waals surface area contributed by atoms with E-state index >= 15 is 0 Å². The maximum atomic E-state index is 12.6. The zero-order chi connectivity index (χ0) is 29.3. The van der Waals surface area contributed by atoms with Crippen LogP contribution in [0.2, 0.25) is 5.02 Å². The lowest BCUT2D eigenvalue weighted by atomic mass is 9.74. The van der Waals surface area contributed by atoms with Crippen molar-refractivity contribution in [2.24, 2.45) is 0 Å². The Hall–Kier alpha value is -2.34. The monoisotopic (exact) mass is 577 g/mol. The predicted molar refractivity (Wildman–Crippen MR) is 151 cm³/mol. The van der Waals surface area contributed by atoms with Crippen LogP contribution in [0, 0.1) is 0 Å². The Kier molecular flexibility index (Phi) is 9.09. The van der Waals surface area contributed by atoms with Gasteiger partial charge in [0, 0.05) is 37.6 Å². The van der Waals surface area contributed by atoms with Gasteiger partial charge in [0.05, 0.1) is 11.2 Å². The van der Waals surface area contributed by atoms with Gasteiger partial charge in [0.15, 0.2) is 12.6 Å². The summed E-state index contributed by atoms with van der Waals surface area (Å²) in [6.07, 6.45) is 2.40. The highest BCUT2D eigenvalue weighted by molar-refractivity contribution is 6.63. The number of benzene rings is 1. The predicted octanol–water partition coefficient (Wildman–Crippen LogP) is 4.90. The van der Waals surface area contributed by atoms with Gasteiger partial charge in [0.2, 0.25) is 5.89 Å². The third-order valence-corrected chi connectivity index (χ3v) is 7.90. The summed E-state index contributed by atoms with van der Waals surface area (Å²) in [6, 6.07) is 3.64. The molecule has 1 atom stereocenters. The Morgan fingerprint density at radius 3 is 2.52 bits per heavy atom. The fourth-order valence-corrected chi connectivity index (χ4v) is 5.05. The molecule has 1 aromatic heterocycles. The SMILES string of the molecule is COCOc1cc(Cl)c(CCc2nc(C3CCCN(C(=O)OC(C)(C)C)C3)no2)c(B2OC(C)(C)C(C)(C)O2)c1. The second-order valence-corrected chi connectivity index (χ2v) is 12.8. The maximum absolute atomic E-state index is 12.6. The van der Waals surface area contributed by atoms with Crippen molar-refractivity contribution in [2.45, 2.75) is 96.9 Å². The van der Waals surface area contributed by atoms with E-state index in [0.29, 0.717) is 48.4 Å². The van der Waals surface area contributed by atoms with Gasteiger partial charge in [-0.15, -0.1) is 0 Å². The van der Waals surface area contributed by atoms with Crippen LogP contribution in [-0.2, 0) is 31.6 Å². The Bertz CT molecular complexity index is 1180. The molecule has 1 aromatic carbocycles. The van der Waals surface area contributed by atoms with Gasteiger partial charge < -0.3 is 32.9 Å². The number of amides is 1. The summed E-state index contributed by atoms with van der Waals surface area (Å²) >= 11 is 6.77. The topological polar surface area (TPSA) is 105 Å². The first-order valence-electron chi connectivity index (χ1n) is 13.8. The van der Waals surface area contributed by atoms with Crippen LogP contribution >= 0.6 is 11.6 Å². The number of ether oxygens (including phenoxy) is 3. The van der Waals surface area contributed by atoms with Gasteiger partial charge in [-0.1, -0.05) is 16.8 Å². The van der Waals surface area contributed by atoms with Gasteiger partial charge in [-0.3, -0.25) is 0 Å². The molecule has 2 saturated heterocycles. The molecule has 0 aliphatic carbocycles. The standard InChI is InChI=1S/C28H41BClN3O7/c1-26(2,3)37-25(34)33-13-9-10-18(16-33)24-31-23(38-32-24)12-11-20-21(14-19(15-22(20)30)36-17-35-8)29-39-27(4,5)28(6,7)40-29/h14-15,18H,9-13,16-17H2,1-8H3. The molecule has 1 unspecified atom stereocenters. The van der Waals surface area contributed by atoms with Crippen molar-refractivity contribution in [1.82, 2.24) is 15.0 Å². The fourth-order valence-electron chi connectivity index (χ4n) is 4.73. The van der Waals surface area contributed by atoms with Crippen LogP contribution in [0.25, 0.3) is 0 Å².